The van der Waals surface area contributed by atoms with Crippen LogP contribution in [0.3, 0.4) is 0 Å². The van der Waals surface area contributed by atoms with Crippen LogP contribution in [0.25, 0.3) is 0 Å². The number of nitrogens with two attached hydrogens (primary N) is 1. The van der Waals surface area contributed by atoms with Crippen LogP contribution in [-0.2, 0) is 9.59 Å². The Bertz CT molecular complexity index is 613. The van der Waals surface area contributed by atoms with Gasteiger partial charge in [0, 0.05) is 24.3 Å². The highest BCUT2D eigenvalue weighted by Crippen LogP contribution is 2.23. The van der Waals surface area contributed by atoms with Gasteiger partial charge in [-0.25, -0.2) is 4.79 Å². The number of benzene rings is 1. The van der Waals surface area contributed by atoms with E-state index in [-0.39, 0.29) is 17.7 Å². The zero-order valence-corrected chi connectivity index (χ0v) is 14.0. The fraction of sp³-hybridized carbons (Fsp3) is 0.471. The van der Waals surface area contributed by atoms with E-state index in [4.69, 9.17) is 5.73 Å². The monoisotopic (exact) mass is 332 g/mol. The molecule has 0 radical (unpaired) electrons. The van der Waals surface area contributed by atoms with E-state index in [9.17, 15) is 14.4 Å². The number of nitrogens with zero attached hydrogens (tertiary/aromatic N) is 1. The third-order valence-electron chi connectivity index (χ3n) is 3.86. The van der Waals surface area contributed by atoms with Crippen LogP contribution >= 0.6 is 0 Å². The smallest absolute Gasteiger partial charge is 0.312 e. The second-order valence-corrected chi connectivity index (χ2v) is 6.38. The summed E-state index contributed by atoms with van der Waals surface area (Å²) >= 11 is 0. The maximum absolute atomic E-state index is 12.3. The van der Waals surface area contributed by atoms with Crippen molar-refractivity contribution < 1.29 is 14.4 Å². The number of rotatable bonds is 6. The van der Waals surface area contributed by atoms with Gasteiger partial charge in [0.15, 0.2) is 0 Å². The molecule has 1 aromatic rings. The Morgan fingerprint density at radius 1 is 1.25 bits per heavy atom. The average Bonchev–Trinajstić information content (AvgIpc) is 2.92. The van der Waals surface area contributed by atoms with E-state index < -0.39 is 12.1 Å². The second-order valence-electron chi connectivity index (χ2n) is 6.38. The van der Waals surface area contributed by atoms with E-state index in [1.165, 1.54) is 0 Å². The summed E-state index contributed by atoms with van der Waals surface area (Å²) in [5.41, 5.74) is 6.57. The zero-order chi connectivity index (χ0) is 17.7. The number of hydrogen-bond donors (Lipinski definition) is 3. The number of anilines is 2. The Kier molecular flexibility index (Phi) is 5.78. The summed E-state index contributed by atoms with van der Waals surface area (Å²) in [5, 5.41) is 5.24. The molecule has 4 N–H and O–H groups in total. The van der Waals surface area contributed by atoms with Crippen molar-refractivity contribution in [2.75, 3.05) is 16.8 Å². The summed E-state index contributed by atoms with van der Waals surface area (Å²) in [4.78, 5) is 36.9. The van der Waals surface area contributed by atoms with Crippen molar-refractivity contribution in [1.29, 1.82) is 0 Å². The Hall–Kier alpha value is -2.57. The van der Waals surface area contributed by atoms with Crippen molar-refractivity contribution in [3.05, 3.63) is 24.3 Å². The lowest BCUT2D eigenvalue weighted by Crippen LogP contribution is -2.46. The molecule has 130 valence electrons. The lowest BCUT2D eigenvalue weighted by molar-refractivity contribution is -0.118. The van der Waals surface area contributed by atoms with Crippen LogP contribution in [0, 0.1) is 5.92 Å². The summed E-state index contributed by atoms with van der Waals surface area (Å²) in [6.45, 7) is 4.65. The highest BCUT2D eigenvalue weighted by atomic mass is 16.2. The SMILES string of the molecule is CC(C)C[C@H](NC(N)=O)C(=O)Nc1ccc(N2CCCC2=O)cc1. The van der Waals surface area contributed by atoms with Gasteiger partial charge < -0.3 is 21.3 Å². The molecule has 0 spiro atoms. The molecule has 1 aliphatic rings. The number of hydrogen-bond acceptors (Lipinski definition) is 3. The van der Waals surface area contributed by atoms with Gasteiger partial charge in [-0.2, -0.15) is 0 Å². The molecule has 4 amide bonds. The molecule has 2 rings (SSSR count). The van der Waals surface area contributed by atoms with Crippen LogP contribution in [-0.4, -0.2) is 30.4 Å². The molecule has 1 aromatic carbocycles. The molecule has 0 saturated carbocycles. The summed E-state index contributed by atoms with van der Waals surface area (Å²) in [6, 6.07) is 5.70. The van der Waals surface area contributed by atoms with E-state index in [0.717, 1.165) is 18.7 Å². The van der Waals surface area contributed by atoms with Gasteiger partial charge in [0.25, 0.3) is 0 Å². The molecule has 24 heavy (non-hydrogen) atoms. The minimum Gasteiger partial charge on any atom is -0.352 e. The van der Waals surface area contributed by atoms with Crippen LogP contribution in [0.5, 0.6) is 0 Å². The number of nitrogens with one attached hydrogen (secondary N) is 2. The van der Waals surface area contributed by atoms with Crippen molar-refractivity contribution >= 4 is 29.2 Å². The molecular weight excluding hydrogens is 308 g/mol. The maximum atomic E-state index is 12.3. The molecule has 7 nitrogen and oxygen atoms in total. The first-order valence-electron chi connectivity index (χ1n) is 8.14. The molecule has 1 heterocycles. The van der Waals surface area contributed by atoms with Crippen molar-refractivity contribution in [3.63, 3.8) is 0 Å². The summed E-state index contributed by atoms with van der Waals surface area (Å²) in [5.74, 6) is 0.0399. The lowest BCUT2D eigenvalue weighted by atomic mass is 10.0. The maximum Gasteiger partial charge on any atom is 0.312 e. The van der Waals surface area contributed by atoms with Crippen LogP contribution < -0.4 is 21.3 Å². The predicted octanol–water partition coefficient (Wildman–Crippen LogP) is 1.83. The molecule has 1 saturated heterocycles. The standard InChI is InChI=1S/C17H24N4O3/c1-11(2)10-14(20-17(18)24)16(23)19-12-5-7-13(8-6-12)21-9-3-4-15(21)22/h5-8,11,14H,3-4,9-10H2,1-2H3,(H,19,23)(H3,18,20,24)/t14-/m0/s1. The van der Waals surface area contributed by atoms with Gasteiger partial charge in [-0.1, -0.05) is 13.8 Å². The largest absolute Gasteiger partial charge is 0.352 e. The predicted molar refractivity (Wildman–Crippen MR) is 92.6 cm³/mol. The van der Waals surface area contributed by atoms with Gasteiger partial charge >= 0.3 is 6.03 Å². The summed E-state index contributed by atoms with van der Waals surface area (Å²) < 4.78 is 0. The first kappa shape index (κ1) is 17.8. The number of carbonyl (C=O) groups excluding carboxylic acids is 3. The van der Waals surface area contributed by atoms with Gasteiger partial charge in [0.1, 0.15) is 6.04 Å². The summed E-state index contributed by atoms with van der Waals surface area (Å²) in [7, 11) is 0. The molecule has 0 aromatic heterocycles. The van der Waals surface area contributed by atoms with Crippen LogP contribution in [0.15, 0.2) is 24.3 Å². The third-order valence-corrected chi connectivity index (χ3v) is 3.86. The third kappa shape index (κ3) is 4.71. The number of amides is 4. The minimum absolute atomic E-state index is 0.120. The number of primary amides is 1. The Balaban J connectivity index is 2.01. The van der Waals surface area contributed by atoms with Gasteiger partial charge in [-0.3, -0.25) is 9.59 Å². The highest BCUT2D eigenvalue weighted by molar-refractivity contribution is 5.98. The van der Waals surface area contributed by atoms with Crippen molar-refractivity contribution in [2.45, 2.75) is 39.2 Å². The average molecular weight is 332 g/mol. The first-order valence-corrected chi connectivity index (χ1v) is 8.14. The lowest BCUT2D eigenvalue weighted by Gasteiger charge is -2.20. The van der Waals surface area contributed by atoms with E-state index >= 15 is 0 Å². The van der Waals surface area contributed by atoms with Gasteiger partial charge in [-0.05, 0) is 43.0 Å². The van der Waals surface area contributed by atoms with Gasteiger partial charge in [-0.15, -0.1) is 0 Å². The molecular formula is C17H24N4O3. The Labute approximate surface area is 141 Å². The molecule has 1 atom stereocenters. The van der Waals surface area contributed by atoms with Crippen LogP contribution in [0.2, 0.25) is 0 Å². The van der Waals surface area contributed by atoms with Crippen molar-refractivity contribution in [3.8, 4) is 0 Å². The molecule has 1 fully saturated rings. The van der Waals surface area contributed by atoms with Crippen molar-refractivity contribution in [2.24, 2.45) is 11.7 Å². The van der Waals surface area contributed by atoms with E-state index in [0.29, 0.717) is 18.5 Å². The zero-order valence-electron chi connectivity index (χ0n) is 14.0. The minimum atomic E-state index is -0.723. The number of carbonyl (C=O) groups is 3. The molecule has 7 heteroatoms. The van der Waals surface area contributed by atoms with Crippen molar-refractivity contribution in [1.82, 2.24) is 5.32 Å². The topological polar surface area (TPSA) is 105 Å². The first-order chi connectivity index (χ1) is 11.4. The van der Waals surface area contributed by atoms with E-state index in [1.807, 2.05) is 13.8 Å². The fourth-order valence-electron chi connectivity index (χ4n) is 2.75. The van der Waals surface area contributed by atoms with E-state index in [1.54, 1.807) is 29.2 Å². The Morgan fingerprint density at radius 2 is 1.92 bits per heavy atom. The summed E-state index contributed by atoms with van der Waals surface area (Å²) in [6.07, 6.45) is 1.94. The highest BCUT2D eigenvalue weighted by Gasteiger charge is 2.23. The normalized spacial score (nSPS) is 15.5. The van der Waals surface area contributed by atoms with Gasteiger partial charge in [0.2, 0.25) is 11.8 Å². The number of urea groups is 1. The van der Waals surface area contributed by atoms with Crippen LogP contribution in [0.4, 0.5) is 16.2 Å². The molecule has 0 unspecified atom stereocenters. The van der Waals surface area contributed by atoms with E-state index in [2.05, 4.69) is 10.6 Å². The molecule has 1 aliphatic heterocycles. The Morgan fingerprint density at radius 3 is 2.42 bits per heavy atom. The molecule has 0 aliphatic carbocycles. The fourth-order valence-corrected chi connectivity index (χ4v) is 2.75. The molecule has 0 bridgehead atoms. The second kappa shape index (κ2) is 7.81. The van der Waals surface area contributed by atoms with Gasteiger partial charge in [0.05, 0.1) is 0 Å². The van der Waals surface area contributed by atoms with Crippen LogP contribution in [0.1, 0.15) is 33.1 Å². The quantitative estimate of drug-likeness (QED) is 0.740.